The molecule has 3 saturated carbocycles. The van der Waals surface area contributed by atoms with Crippen LogP contribution in [0.25, 0.3) is 11.0 Å². The van der Waals surface area contributed by atoms with Gasteiger partial charge in [0.15, 0.2) is 4.77 Å². The number of hydrogen-bond acceptors (Lipinski definition) is 2. The maximum atomic E-state index is 5.59. The molecule has 0 spiro atoms. The number of rotatable bonds is 2. The molecule has 3 fully saturated rings. The van der Waals surface area contributed by atoms with Crippen molar-refractivity contribution in [3.05, 3.63) is 23.0 Å². The Bertz CT molecular complexity index is 745. The summed E-state index contributed by atoms with van der Waals surface area (Å²) in [5.74, 6) is 4.63. The molecule has 4 atom stereocenters. The number of imidazole rings is 1. The van der Waals surface area contributed by atoms with Crippen molar-refractivity contribution >= 4 is 23.3 Å². The zero-order valence-corrected chi connectivity index (χ0v) is 12.3. The van der Waals surface area contributed by atoms with Gasteiger partial charge in [0.2, 0.25) is 0 Å². The Labute approximate surface area is 122 Å². The summed E-state index contributed by atoms with van der Waals surface area (Å²) in [5.41, 5.74) is 2.35. The summed E-state index contributed by atoms with van der Waals surface area (Å²) in [7, 11) is 1.72. The first-order valence-electron chi connectivity index (χ1n) is 7.56. The van der Waals surface area contributed by atoms with Gasteiger partial charge in [-0.3, -0.25) is 0 Å². The van der Waals surface area contributed by atoms with Gasteiger partial charge in [-0.2, -0.15) is 0 Å². The Balaban J connectivity index is 1.66. The first-order valence-corrected chi connectivity index (χ1v) is 7.97. The maximum absolute atomic E-state index is 5.59. The molecule has 3 aliphatic carbocycles. The van der Waals surface area contributed by atoms with Gasteiger partial charge in [-0.05, 0) is 67.3 Å². The highest BCUT2D eigenvalue weighted by molar-refractivity contribution is 7.71. The minimum Gasteiger partial charge on any atom is -0.497 e. The lowest BCUT2D eigenvalue weighted by molar-refractivity contribution is 0.415. The molecule has 3 aliphatic rings. The van der Waals surface area contributed by atoms with Crippen LogP contribution >= 0.6 is 12.2 Å². The van der Waals surface area contributed by atoms with Crippen LogP contribution in [0.5, 0.6) is 5.75 Å². The summed E-state index contributed by atoms with van der Waals surface area (Å²) in [5, 5.41) is 0. The first-order chi connectivity index (χ1) is 9.78. The molecule has 1 N–H and O–H groups in total. The van der Waals surface area contributed by atoms with Crippen LogP contribution in [-0.4, -0.2) is 16.7 Å². The summed E-state index contributed by atoms with van der Waals surface area (Å²) in [6.07, 6.45) is 4.37. The summed E-state index contributed by atoms with van der Waals surface area (Å²) >= 11 is 5.59. The fourth-order valence-corrected chi connectivity index (χ4v) is 5.48. The molecule has 1 aromatic heterocycles. The van der Waals surface area contributed by atoms with Gasteiger partial charge in [0.25, 0.3) is 0 Å². The average molecular weight is 286 g/mol. The molecular formula is C16H18N2OS. The van der Waals surface area contributed by atoms with Crippen LogP contribution < -0.4 is 4.74 Å². The van der Waals surface area contributed by atoms with E-state index in [-0.39, 0.29) is 0 Å². The lowest BCUT2D eigenvalue weighted by Gasteiger charge is -2.11. The van der Waals surface area contributed by atoms with Gasteiger partial charge < -0.3 is 14.3 Å². The van der Waals surface area contributed by atoms with Crippen LogP contribution in [0.3, 0.4) is 0 Å². The highest BCUT2D eigenvalue weighted by Gasteiger charge is 2.66. The molecule has 2 aromatic rings. The highest BCUT2D eigenvalue weighted by Crippen LogP contribution is 2.71. The van der Waals surface area contributed by atoms with Crippen molar-refractivity contribution < 1.29 is 4.74 Å². The molecule has 20 heavy (non-hydrogen) atoms. The van der Waals surface area contributed by atoms with Crippen molar-refractivity contribution in [2.24, 2.45) is 23.7 Å². The van der Waals surface area contributed by atoms with E-state index in [1.54, 1.807) is 7.11 Å². The van der Waals surface area contributed by atoms with Gasteiger partial charge in [-0.1, -0.05) is 0 Å². The molecule has 0 amide bonds. The number of aromatic nitrogens is 2. The SMILES string of the molecule is COc1ccc2[nH]c(=S)n(C3C4C5CCC(C5)C43)c2c1. The van der Waals surface area contributed by atoms with Gasteiger partial charge >= 0.3 is 0 Å². The monoisotopic (exact) mass is 286 g/mol. The molecule has 0 aliphatic heterocycles. The lowest BCUT2D eigenvalue weighted by atomic mass is 10.0. The van der Waals surface area contributed by atoms with Gasteiger partial charge in [-0.25, -0.2) is 0 Å². The number of benzene rings is 1. The van der Waals surface area contributed by atoms with Gasteiger partial charge in [0.05, 0.1) is 18.1 Å². The Morgan fingerprint density at radius 1 is 1.25 bits per heavy atom. The first kappa shape index (κ1) is 11.4. The number of H-pyrrole nitrogens is 1. The van der Waals surface area contributed by atoms with E-state index in [0.717, 1.165) is 39.7 Å². The van der Waals surface area contributed by atoms with Crippen LogP contribution in [0, 0.1) is 28.4 Å². The number of nitrogens with zero attached hydrogens (tertiary/aromatic N) is 1. The van der Waals surface area contributed by atoms with Crippen LogP contribution in [0.15, 0.2) is 18.2 Å². The van der Waals surface area contributed by atoms with E-state index in [4.69, 9.17) is 17.0 Å². The van der Waals surface area contributed by atoms with Crippen LogP contribution in [0.2, 0.25) is 0 Å². The summed E-state index contributed by atoms with van der Waals surface area (Å²) < 4.78 is 8.64. The number of nitrogens with one attached hydrogen (secondary N) is 1. The van der Waals surface area contributed by atoms with Gasteiger partial charge in [0, 0.05) is 12.1 Å². The molecule has 1 aromatic carbocycles. The van der Waals surface area contributed by atoms with E-state index in [2.05, 4.69) is 21.7 Å². The van der Waals surface area contributed by atoms with Crippen LogP contribution in [0.1, 0.15) is 25.3 Å². The second kappa shape index (κ2) is 3.67. The lowest BCUT2D eigenvalue weighted by Crippen LogP contribution is -2.05. The molecule has 0 saturated heterocycles. The van der Waals surface area contributed by atoms with E-state index in [1.807, 2.05) is 6.07 Å². The zero-order valence-electron chi connectivity index (χ0n) is 11.5. The summed E-state index contributed by atoms with van der Waals surface area (Å²) in [4.78, 5) is 3.36. The summed E-state index contributed by atoms with van der Waals surface area (Å²) in [6.45, 7) is 0. The van der Waals surface area contributed by atoms with Crippen molar-refractivity contribution in [2.75, 3.05) is 7.11 Å². The quantitative estimate of drug-likeness (QED) is 0.848. The van der Waals surface area contributed by atoms with Crippen molar-refractivity contribution in [2.45, 2.75) is 25.3 Å². The standard InChI is InChI=1S/C16H18N2OS/c1-19-10-4-5-11-12(7-10)18(16(20)17-11)15-13-8-2-3-9(6-8)14(13)15/h4-5,7-9,13-15H,2-3,6H2,1H3,(H,17,20). The topological polar surface area (TPSA) is 29.9 Å². The third-order valence-corrected chi connectivity index (χ3v) is 6.22. The normalized spacial score (nSPS) is 37.4. The minimum absolute atomic E-state index is 0.648. The Morgan fingerprint density at radius 3 is 2.70 bits per heavy atom. The maximum Gasteiger partial charge on any atom is 0.178 e. The molecule has 5 rings (SSSR count). The van der Waals surface area contributed by atoms with E-state index in [0.29, 0.717) is 6.04 Å². The fourth-order valence-electron chi connectivity index (χ4n) is 5.15. The third kappa shape index (κ3) is 1.28. The molecule has 104 valence electrons. The zero-order chi connectivity index (χ0) is 13.4. The van der Waals surface area contributed by atoms with E-state index in [1.165, 1.54) is 24.8 Å². The average Bonchev–Trinajstić information content (AvgIpc) is 2.80. The van der Waals surface area contributed by atoms with Crippen LogP contribution in [0.4, 0.5) is 0 Å². The van der Waals surface area contributed by atoms with Crippen molar-refractivity contribution in [1.29, 1.82) is 0 Å². The predicted octanol–water partition coefficient (Wildman–Crippen LogP) is 3.92. The number of hydrogen-bond donors (Lipinski definition) is 1. The molecule has 0 radical (unpaired) electrons. The number of aromatic amines is 1. The molecule has 4 heteroatoms. The van der Waals surface area contributed by atoms with Crippen LogP contribution in [-0.2, 0) is 0 Å². The number of ether oxygens (including phenoxy) is 1. The minimum atomic E-state index is 0.648. The molecule has 2 bridgehead atoms. The second-order valence-electron chi connectivity index (χ2n) is 6.66. The van der Waals surface area contributed by atoms with Crippen molar-refractivity contribution in [3.8, 4) is 5.75 Å². The summed E-state index contributed by atoms with van der Waals surface area (Å²) in [6, 6.07) is 6.84. The smallest absolute Gasteiger partial charge is 0.178 e. The number of methoxy groups -OCH3 is 1. The molecular weight excluding hydrogens is 268 g/mol. The van der Waals surface area contributed by atoms with Crippen molar-refractivity contribution in [1.82, 2.24) is 9.55 Å². The molecule has 3 nitrogen and oxygen atoms in total. The number of fused-ring (bicyclic) bond motifs is 6. The van der Waals surface area contributed by atoms with E-state index < -0.39 is 0 Å². The van der Waals surface area contributed by atoms with E-state index >= 15 is 0 Å². The highest BCUT2D eigenvalue weighted by atomic mass is 32.1. The van der Waals surface area contributed by atoms with Gasteiger partial charge in [-0.15, -0.1) is 0 Å². The largest absolute Gasteiger partial charge is 0.497 e. The molecule has 1 heterocycles. The Kier molecular flexibility index (Phi) is 2.09. The Morgan fingerprint density at radius 2 is 2.00 bits per heavy atom. The van der Waals surface area contributed by atoms with Gasteiger partial charge in [0.1, 0.15) is 5.75 Å². The molecule has 4 unspecified atom stereocenters. The van der Waals surface area contributed by atoms with E-state index in [9.17, 15) is 0 Å². The Hall–Kier alpha value is -1.29. The van der Waals surface area contributed by atoms with Crippen molar-refractivity contribution in [3.63, 3.8) is 0 Å². The second-order valence-corrected chi connectivity index (χ2v) is 7.05. The third-order valence-electron chi connectivity index (χ3n) is 5.92. The predicted molar refractivity (Wildman–Crippen MR) is 80.5 cm³/mol. The fraction of sp³-hybridized carbons (Fsp3) is 0.562.